The van der Waals surface area contributed by atoms with Crippen molar-refractivity contribution in [2.24, 2.45) is 0 Å². The van der Waals surface area contributed by atoms with Crippen LogP contribution in [0.4, 0.5) is 5.82 Å². The molecule has 2 aromatic heterocycles. The van der Waals surface area contributed by atoms with Crippen molar-refractivity contribution in [3.05, 3.63) is 39.4 Å². The Morgan fingerprint density at radius 3 is 2.76 bits per heavy atom. The lowest BCUT2D eigenvalue weighted by molar-refractivity contribution is 0.0949. The van der Waals surface area contributed by atoms with E-state index in [4.69, 9.17) is 11.6 Å². The molecule has 112 valence electrons. The van der Waals surface area contributed by atoms with E-state index in [9.17, 15) is 4.79 Å². The van der Waals surface area contributed by atoms with Crippen LogP contribution in [0.15, 0.2) is 24.5 Å². The molecule has 0 saturated heterocycles. The normalized spacial score (nSPS) is 10.4. The smallest absolute Gasteiger partial charge is 0.271 e. The molecule has 0 aliphatic heterocycles. The molecule has 2 aromatic rings. The quantitative estimate of drug-likeness (QED) is 0.821. The van der Waals surface area contributed by atoms with E-state index >= 15 is 0 Å². The summed E-state index contributed by atoms with van der Waals surface area (Å²) in [6.45, 7) is 3.46. The topological polar surface area (TPSA) is 66.9 Å². The highest BCUT2D eigenvalue weighted by Crippen LogP contribution is 2.21. The van der Waals surface area contributed by atoms with Crippen LogP contribution in [-0.2, 0) is 6.42 Å². The fourth-order valence-electron chi connectivity index (χ4n) is 1.67. The van der Waals surface area contributed by atoms with Gasteiger partial charge in [0.15, 0.2) is 0 Å². The summed E-state index contributed by atoms with van der Waals surface area (Å²) in [5.74, 6) is 0.467. The number of thiophene rings is 1. The van der Waals surface area contributed by atoms with Crippen molar-refractivity contribution >= 4 is 34.7 Å². The van der Waals surface area contributed by atoms with Gasteiger partial charge in [0.2, 0.25) is 0 Å². The van der Waals surface area contributed by atoms with Gasteiger partial charge >= 0.3 is 0 Å². The lowest BCUT2D eigenvalue weighted by atomic mass is 10.3. The van der Waals surface area contributed by atoms with Crippen LogP contribution < -0.4 is 10.6 Å². The van der Waals surface area contributed by atoms with Crippen LogP contribution in [0, 0.1) is 0 Å². The molecule has 2 heterocycles. The standard InChI is InChI=1S/C14H17ClN4OS/c1-2-6-16-13-9-18-11(8-19-13)14(20)17-7-5-10-3-4-12(15)21-10/h3-4,8-9H,2,5-7H2,1H3,(H,16,19)(H,17,20). The molecular formula is C14H17ClN4OS. The molecule has 7 heteroatoms. The minimum atomic E-state index is -0.216. The van der Waals surface area contributed by atoms with Gasteiger partial charge in [-0.1, -0.05) is 18.5 Å². The molecule has 0 saturated carbocycles. The lowest BCUT2D eigenvalue weighted by Gasteiger charge is -2.05. The van der Waals surface area contributed by atoms with Crippen molar-refractivity contribution in [2.75, 3.05) is 18.4 Å². The summed E-state index contributed by atoms with van der Waals surface area (Å²) < 4.78 is 0.761. The second-order valence-corrected chi connectivity index (χ2v) is 6.23. The van der Waals surface area contributed by atoms with Crippen LogP contribution in [0.3, 0.4) is 0 Å². The monoisotopic (exact) mass is 324 g/mol. The average Bonchev–Trinajstić information content (AvgIpc) is 2.91. The first kappa shape index (κ1) is 15.7. The van der Waals surface area contributed by atoms with Gasteiger partial charge in [-0.05, 0) is 25.0 Å². The third-order valence-corrected chi connectivity index (χ3v) is 4.02. The van der Waals surface area contributed by atoms with Gasteiger partial charge in [-0.25, -0.2) is 9.97 Å². The largest absolute Gasteiger partial charge is 0.369 e. The Balaban J connectivity index is 1.79. The molecule has 0 aromatic carbocycles. The minimum Gasteiger partial charge on any atom is -0.369 e. The summed E-state index contributed by atoms with van der Waals surface area (Å²) in [7, 11) is 0. The molecule has 0 spiro atoms. The van der Waals surface area contributed by atoms with Crippen LogP contribution in [0.2, 0.25) is 4.34 Å². The fraction of sp³-hybridized carbons (Fsp3) is 0.357. The van der Waals surface area contributed by atoms with Crippen LogP contribution in [0.25, 0.3) is 0 Å². The number of anilines is 1. The van der Waals surface area contributed by atoms with Gasteiger partial charge in [-0.3, -0.25) is 4.79 Å². The summed E-state index contributed by atoms with van der Waals surface area (Å²) in [5.41, 5.74) is 0.321. The predicted octanol–water partition coefficient (Wildman–Crippen LogP) is 2.99. The molecule has 0 fully saturated rings. The Labute approximate surface area is 132 Å². The molecule has 21 heavy (non-hydrogen) atoms. The third kappa shape index (κ3) is 4.99. The molecular weight excluding hydrogens is 308 g/mol. The first-order valence-electron chi connectivity index (χ1n) is 6.77. The maximum Gasteiger partial charge on any atom is 0.271 e. The van der Waals surface area contributed by atoms with Gasteiger partial charge in [0.1, 0.15) is 11.5 Å². The van der Waals surface area contributed by atoms with E-state index in [0.29, 0.717) is 18.1 Å². The summed E-state index contributed by atoms with van der Waals surface area (Å²) in [4.78, 5) is 21.3. The number of nitrogens with zero attached hydrogens (tertiary/aromatic N) is 2. The summed E-state index contributed by atoms with van der Waals surface area (Å²) in [6.07, 6.45) is 4.82. The van der Waals surface area contributed by atoms with E-state index in [2.05, 4.69) is 27.5 Å². The lowest BCUT2D eigenvalue weighted by Crippen LogP contribution is -2.26. The molecule has 2 rings (SSSR count). The van der Waals surface area contributed by atoms with E-state index in [1.807, 2.05) is 12.1 Å². The third-order valence-electron chi connectivity index (χ3n) is 2.73. The molecule has 0 atom stereocenters. The van der Waals surface area contributed by atoms with E-state index in [1.165, 1.54) is 17.5 Å². The zero-order valence-corrected chi connectivity index (χ0v) is 13.3. The Morgan fingerprint density at radius 2 is 2.14 bits per heavy atom. The maximum atomic E-state index is 11.9. The van der Waals surface area contributed by atoms with Crippen molar-refractivity contribution in [1.29, 1.82) is 0 Å². The van der Waals surface area contributed by atoms with Crippen molar-refractivity contribution < 1.29 is 4.79 Å². The Kier molecular flexibility index (Phi) is 5.95. The molecule has 0 bridgehead atoms. The number of hydrogen-bond donors (Lipinski definition) is 2. The number of rotatable bonds is 7. The summed E-state index contributed by atoms with van der Waals surface area (Å²) in [5, 5.41) is 5.93. The van der Waals surface area contributed by atoms with Crippen molar-refractivity contribution in [3.63, 3.8) is 0 Å². The van der Waals surface area contributed by atoms with E-state index in [-0.39, 0.29) is 5.91 Å². The molecule has 1 amide bonds. The second kappa shape index (κ2) is 7.95. The number of halogens is 1. The number of nitrogens with one attached hydrogen (secondary N) is 2. The van der Waals surface area contributed by atoms with Crippen LogP contribution >= 0.6 is 22.9 Å². The predicted molar refractivity (Wildman–Crippen MR) is 86.2 cm³/mol. The molecule has 0 aliphatic carbocycles. The Morgan fingerprint density at radius 1 is 1.29 bits per heavy atom. The fourth-order valence-corrected chi connectivity index (χ4v) is 2.75. The number of carbonyl (C=O) groups excluding carboxylic acids is 1. The zero-order chi connectivity index (χ0) is 15.1. The maximum absolute atomic E-state index is 11.9. The zero-order valence-electron chi connectivity index (χ0n) is 11.7. The van der Waals surface area contributed by atoms with E-state index < -0.39 is 0 Å². The number of carbonyl (C=O) groups is 1. The van der Waals surface area contributed by atoms with Gasteiger partial charge in [0, 0.05) is 18.0 Å². The molecule has 5 nitrogen and oxygen atoms in total. The number of hydrogen-bond acceptors (Lipinski definition) is 5. The molecule has 0 radical (unpaired) electrons. The van der Waals surface area contributed by atoms with Crippen LogP contribution in [0.5, 0.6) is 0 Å². The van der Waals surface area contributed by atoms with Gasteiger partial charge in [0.05, 0.1) is 16.7 Å². The SMILES string of the molecule is CCCNc1cnc(C(=O)NCCc2ccc(Cl)s2)cn1. The number of amides is 1. The van der Waals surface area contributed by atoms with Crippen LogP contribution in [0.1, 0.15) is 28.7 Å². The molecule has 0 aliphatic rings. The Hall–Kier alpha value is -1.66. The molecule has 2 N–H and O–H groups in total. The van der Waals surface area contributed by atoms with E-state index in [1.54, 1.807) is 6.20 Å². The van der Waals surface area contributed by atoms with Gasteiger partial charge in [-0.15, -0.1) is 11.3 Å². The second-order valence-electron chi connectivity index (χ2n) is 4.43. The first-order valence-corrected chi connectivity index (χ1v) is 7.97. The highest BCUT2D eigenvalue weighted by Gasteiger charge is 2.07. The van der Waals surface area contributed by atoms with Gasteiger partial charge < -0.3 is 10.6 Å². The van der Waals surface area contributed by atoms with Crippen LogP contribution in [-0.4, -0.2) is 29.0 Å². The average molecular weight is 325 g/mol. The van der Waals surface area contributed by atoms with Crippen molar-refractivity contribution in [1.82, 2.24) is 15.3 Å². The molecule has 0 unspecified atom stereocenters. The minimum absolute atomic E-state index is 0.216. The first-order chi connectivity index (χ1) is 10.2. The van der Waals surface area contributed by atoms with Gasteiger partial charge in [0.25, 0.3) is 5.91 Å². The van der Waals surface area contributed by atoms with Crippen molar-refractivity contribution in [2.45, 2.75) is 19.8 Å². The summed E-state index contributed by atoms with van der Waals surface area (Å²) in [6, 6.07) is 3.82. The summed E-state index contributed by atoms with van der Waals surface area (Å²) >= 11 is 7.38. The highest BCUT2D eigenvalue weighted by atomic mass is 35.5. The van der Waals surface area contributed by atoms with Crippen molar-refractivity contribution in [3.8, 4) is 0 Å². The Bertz CT molecular complexity index is 585. The number of aromatic nitrogens is 2. The van der Waals surface area contributed by atoms with Gasteiger partial charge in [-0.2, -0.15) is 0 Å². The van der Waals surface area contributed by atoms with E-state index in [0.717, 1.165) is 28.6 Å². The highest BCUT2D eigenvalue weighted by molar-refractivity contribution is 7.16.